The van der Waals surface area contributed by atoms with Crippen LogP contribution in [0.15, 0.2) is 54.6 Å². The lowest BCUT2D eigenvalue weighted by atomic mass is 9.89. The van der Waals surface area contributed by atoms with Gasteiger partial charge >= 0.3 is 0 Å². The van der Waals surface area contributed by atoms with E-state index in [4.69, 9.17) is 0 Å². The third-order valence-electron chi connectivity index (χ3n) is 9.27. The molecule has 4 rings (SSSR count). The van der Waals surface area contributed by atoms with Crippen LogP contribution in [0.2, 0.25) is 0 Å². The van der Waals surface area contributed by atoms with Gasteiger partial charge in [0.15, 0.2) is 0 Å². The molecule has 1 unspecified atom stereocenters. The highest BCUT2D eigenvalue weighted by Gasteiger charge is 2.43. The molecule has 1 spiro atoms. The van der Waals surface area contributed by atoms with E-state index < -0.39 is 71.4 Å². The lowest BCUT2D eigenvalue weighted by molar-refractivity contribution is -0.136. The van der Waals surface area contributed by atoms with E-state index in [-0.39, 0.29) is 43.4 Å². The molecule has 2 aliphatic rings. The van der Waals surface area contributed by atoms with Gasteiger partial charge in [0.05, 0.1) is 11.6 Å². The Balaban J connectivity index is 1.74. The summed E-state index contributed by atoms with van der Waals surface area (Å²) in [5.41, 5.74) is 0.606. The summed E-state index contributed by atoms with van der Waals surface area (Å²) in [5.74, 6) is -3.23. The molecule has 0 saturated carbocycles. The van der Waals surface area contributed by atoms with Crippen molar-refractivity contribution in [2.24, 2.45) is 11.8 Å². The summed E-state index contributed by atoms with van der Waals surface area (Å²) in [6.45, 7) is 9.67. The molecule has 0 bridgehead atoms. The monoisotopic (exact) mass is 707 g/mol. The van der Waals surface area contributed by atoms with Gasteiger partial charge < -0.3 is 42.1 Å². The van der Waals surface area contributed by atoms with Crippen molar-refractivity contribution >= 4 is 29.5 Å². The Morgan fingerprint density at radius 2 is 1.18 bits per heavy atom. The van der Waals surface area contributed by atoms with Crippen molar-refractivity contribution < 1.29 is 34.2 Å². The van der Waals surface area contributed by atoms with Gasteiger partial charge in [-0.25, -0.2) is 0 Å². The molecule has 5 amide bonds. The predicted molar refractivity (Wildman–Crippen MR) is 191 cm³/mol. The summed E-state index contributed by atoms with van der Waals surface area (Å²) < 4.78 is 0. The number of aliphatic hydroxyl groups is 1. The number of phenols is 1. The Labute approximate surface area is 299 Å². The molecule has 2 saturated heterocycles. The van der Waals surface area contributed by atoms with Crippen molar-refractivity contribution in [3.63, 3.8) is 0 Å². The van der Waals surface area contributed by atoms with Gasteiger partial charge in [-0.3, -0.25) is 29.3 Å². The first-order chi connectivity index (χ1) is 24.2. The van der Waals surface area contributed by atoms with Crippen LogP contribution in [0.1, 0.15) is 52.2 Å². The second kappa shape index (κ2) is 17.6. The summed E-state index contributed by atoms with van der Waals surface area (Å²) in [6.07, 6.45) is -0.802. The van der Waals surface area contributed by atoms with Crippen LogP contribution in [0, 0.1) is 11.8 Å². The van der Waals surface area contributed by atoms with Gasteiger partial charge in [-0.1, -0.05) is 70.2 Å². The summed E-state index contributed by atoms with van der Waals surface area (Å²) in [7, 11) is 0. The van der Waals surface area contributed by atoms with Crippen molar-refractivity contribution in [3.8, 4) is 5.75 Å². The molecule has 2 aromatic carbocycles. The molecular weight excluding hydrogens is 654 g/mol. The summed E-state index contributed by atoms with van der Waals surface area (Å²) in [6, 6.07) is 9.87. The first kappa shape index (κ1) is 39.3. The normalized spacial score (nSPS) is 25.8. The van der Waals surface area contributed by atoms with Crippen molar-refractivity contribution in [2.75, 3.05) is 19.6 Å². The highest BCUT2D eigenvalue weighted by molar-refractivity contribution is 5.96. The van der Waals surface area contributed by atoms with E-state index in [0.29, 0.717) is 18.7 Å². The smallest absolute Gasteiger partial charge is 0.243 e. The number of carbonyl (C=O) groups excluding carboxylic acids is 5. The first-order valence-electron chi connectivity index (χ1n) is 17.6. The average molecular weight is 708 g/mol. The standard InChI is InChI=1S/C37H53N7O7/c1-21(2)15-27-32(47)41-29(17-25-11-13-26(46)14-12-25)34(49)43-30(22(3)4)35(50)39-20-37(18-38-19-37)44-31(23(5)45)36(51)42-28(33(48)40-27)16-24-9-7-6-8-10-24/h6-14,21-23,27-31,38,44-46H,15-20H2,1-5H3,(H,39,50)(H,40,48)(H,41,47)(H,42,51)(H,43,49)/t23-,27+,28+,29+,30?,31+/m1/s1. The largest absolute Gasteiger partial charge is 0.508 e. The Hall–Kier alpha value is -4.53. The highest BCUT2D eigenvalue weighted by Crippen LogP contribution is 2.16. The average Bonchev–Trinajstić information content (AvgIpc) is 3.05. The topological polar surface area (TPSA) is 210 Å². The Morgan fingerprint density at radius 1 is 0.647 bits per heavy atom. The second-order valence-electron chi connectivity index (χ2n) is 14.6. The van der Waals surface area contributed by atoms with E-state index in [2.05, 4.69) is 37.2 Å². The summed E-state index contributed by atoms with van der Waals surface area (Å²) in [5, 5.41) is 41.2. The predicted octanol–water partition coefficient (Wildman–Crippen LogP) is -0.370. The number of benzene rings is 2. The van der Waals surface area contributed by atoms with Gasteiger partial charge in [0.1, 0.15) is 36.0 Å². The van der Waals surface area contributed by atoms with E-state index in [1.807, 2.05) is 44.2 Å². The number of hydrogen-bond acceptors (Lipinski definition) is 9. The maximum Gasteiger partial charge on any atom is 0.243 e. The van der Waals surface area contributed by atoms with E-state index >= 15 is 0 Å². The number of rotatable bonds is 8. The molecule has 14 nitrogen and oxygen atoms in total. The number of amides is 5. The van der Waals surface area contributed by atoms with Crippen LogP contribution in [-0.2, 0) is 36.8 Å². The second-order valence-corrected chi connectivity index (χ2v) is 14.6. The lowest BCUT2D eigenvalue weighted by Gasteiger charge is -2.46. The number of aliphatic hydroxyl groups excluding tert-OH is 1. The van der Waals surface area contributed by atoms with Crippen LogP contribution >= 0.6 is 0 Å². The first-order valence-corrected chi connectivity index (χ1v) is 17.6. The van der Waals surface area contributed by atoms with Crippen LogP contribution in [0.5, 0.6) is 5.75 Å². The van der Waals surface area contributed by atoms with Gasteiger partial charge in [0.25, 0.3) is 0 Å². The maximum absolute atomic E-state index is 14.0. The number of carbonyl (C=O) groups is 5. The Kier molecular flexibility index (Phi) is 13.6. The zero-order valence-electron chi connectivity index (χ0n) is 30.0. The van der Waals surface area contributed by atoms with Crippen molar-refractivity contribution in [3.05, 3.63) is 65.7 Å². The maximum atomic E-state index is 14.0. The number of hydrogen-bond donors (Lipinski definition) is 9. The Morgan fingerprint density at radius 3 is 1.71 bits per heavy atom. The quantitative estimate of drug-likeness (QED) is 0.175. The molecule has 2 heterocycles. The van der Waals surface area contributed by atoms with Crippen molar-refractivity contribution in [1.82, 2.24) is 37.2 Å². The minimum atomic E-state index is -1.17. The van der Waals surface area contributed by atoms with Crippen molar-refractivity contribution in [2.45, 2.75) is 95.7 Å². The fraction of sp³-hybridized carbons (Fsp3) is 0.541. The molecule has 6 atom stereocenters. The van der Waals surface area contributed by atoms with E-state index in [0.717, 1.165) is 5.56 Å². The van der Waals surface area contributed by atoms with E-state index in [9.17, 15) is 34.2 Å². The molecule has 51 heavy (non-hydrogen) atoms. The Bertz CT molecular complexity index is 1510. The molecule has 2 fully saturated rings. The zero-order chi connectivity index (χ0) is 37.3. The highest BCUT2D eigenvalue weighted by atomic mass is 16.3. The number of nitrogens with one attached hydrogen (secondary N) is 7. The molecule has 0 radical (unpaired) electrons. The van der Waals surface area contributed by atoms with Gasteiger partial charge in [-0.15, -0.1) is 0 Å². The van der Waals surface area contributed by atoms with Gasteiger partial charge in [0, 0.05) is 32.5 Å². The fourth-order valence-corrected chi connectivity index (χ4v) is 6.24. The molecule has 2 aromatic rings. The minimum absolute atomic E-state index is 0.0404. The van der Waals surface area contributed by atoms with Crippen LogP contribution in [0.4, 0.5) is 0 Å². The van der Waals surface area contributed by atoms with Gasteiger partial charge in [-0.2, -0.15) is 0 Å². The van der Waals surface area contributed by atoms with Crippen LogP contribution < -0.4 is 37.2 Å². The molecular formula is C37H53N7O7. The third kappa shape index (κ3) is 11.0. The van der Waals surface area contributed by atoms with Gasteiger partial charge in [-0.05, 0) is 48.4 Å². The van der Waals surface area contributed by atoms with Crippen LogP contribution in [-0.4, -0.2) is 101 Å². The molecule has 14 heteroatoms. The molecule has 9 N–H and O–H groups in total. The van der Waals surface area contributed by atoms with Gasteiger partial charge in [0.2, 0.25) is 29.5 Å². The summed E-state index contributed by atoms with van der Waals surface area (Å²) in [4.78, 5) is 69.5. The van der Waals surface area contributed by atoms with Crippen LogP contribution in [0.25, 0.3) is 0 Å². The van der Waals surface area contributed by atoms with Crippen molar-refractivity contribution in [1.29, 1.82) is 0 Å². The SMILES string of the molecule is CC(C)C[C@@H]1NC(=O)[C@H](Cc2ccccc2)NC(=O)[C@H]([C@@H](C)O)NC2(CNC2)CNC(=O)C(C(C)C)NC(=O)[C@H](Cc2ccc(O)cc2)NC1=O. The molecule has 2 aliphatic heterocycles. The summed E-state index contributed by atoms with van der Waals surface area (Å²) >= 11 is 0. The fourth-order valence-electron chi connectivity index (χ4n) is 6.24. The van der Waals surface area contributed by atoms with E-state index in [1.165, 1.54) is 19.1 Å². The third-order valence-corrected chi connectivity index (χ3v) is 9.27. The minimum Gasteiger partial charge on any atom is -0.508 e. The molecule has 0 aliphatic carbocycles. The molecule has 278 valence electrons. The van der Waals surface area contributed by atoms with Crippen LogP contribution in [0.3, 0.4) is 0 Å². The molecule has 0 aromatic heterocycles. The number of aromatic hydroxyl groups is 1. The lowest BCUT2D eigenvalue weighted by Crippen LogP contribution is -2.76. The number of phenolic OH excluding ortho intramolecular Hbond substituents is 1. The zero-order valence-corrected chi connectivity index (χ0v) is 30.0. The van der Waals surface area contributed by atoms with E-state index in [1.54, 1.807) is 26.0 Å².